The Labute approximate surface area is 255 Å². The largest absolute Gasteiger partial charge is 0.308 e. The van der Waals surface area contributed by atoms with E-state index in [9.17, 15) is 0 Å². The lowest BCUT2D eigenvalue weighted by Crippen LogP contribution is -2.14. The van der Waals surface area contributed by atoms with Gasteiger partial charge in [-0.3, -0.25) is 4.98 Å². The fourth-order valence-corrected chi connectivity index (χ4v) is 8.16. The fourth-order valence-electron chi connectivity index (χ4n) is 8.16. The Morgan fingerprint density at radius 3 is 2.16 bits per heavy atom. The quantitative estimate of drug-likeness (QED) is 0.192. The molecule has 0 saturated heterocycles. The molecule has 10 rings (SSSR count). The molecule has 0 amide bonds. The number of aromatic nitrogens is 2. The minimum absolute atomic E-state index is 0.0305. The minimum atomic E-state index is -0.0305. The van der Waals surface area contributed by atoms with Crippen molar-refractivity contribution in [3.63, 3.8) is 0 Å². The van der Waals surface area contributed by atoms with Crippen molar-refractivity contribution >= 4 is 54.3 Å². The smallest absolute Gasteiger partial charge is 0.0969 e. The second kappa shape index (κ2) is 8.33. The summed E-state index contributed by atoms with van der Waals surface area (Å²) < 4.78 is 2.36. The molecule has 7 aromatic carbocycles. The highest BCUT2D eigenvalue weighted by Crippen LogP contribution is 2.50. The van der Waals surface area contributed by atoms with Gasteiger partial charge in [-0.25, -0.2) is 0 Å². The summed E-state index contributed by atoms with van der Waals surface area (Å²) in [7, 11) is 0. The van der Waals surface area contributed by atoms with Crippen molar-refractivity contribution in [2.75, 3.05) is 0 Å². The Balaban J connectivity index is 1.27. The average Bonchev–Trinajstić information content (AvgIpc) is 3.52. The zero-order valence-electron chi connectivity index (χ0n) is 24.6. The molecule has 0 aliphatic heterocycles. The van der Waals surface area contributed by atoms with E-state index >= 15 is 0 Å². The predicted molar refractivity (Wildman–Crippen MR) is 185 cm³/mol. The maximum Gasteiger partial charge on any atom is 0.0969 e. The number of hydrogen-bond acceptors (Lipinski definition) is 1. The van der Waals surface area contributed by atoms with Crippen molar-refractivity contribution in [1.82, 2.24) is 9.55 Å². The minimum Gasteiger partial charge on any atom is -0.308 e. The second-order valence-electron chi connectivity index (χ2n) is 12.8. The third-order valence-corrected chi connectivity index (χ3v) is 10.2. The van der Waals surface area contributed by atoms with E-state index in [0.29, 0.717) is 0 Å². The zero-order valence-corrected chi connectivity index (χ0v) is 24.6. The number of hydrogen-bond donors (Lipinski definition) is 0. The standard InChI is InChI=1S/C42H28N2/c1-42(2)34-12-7-6-11-30(34)31-19-16-26(23-35(31)42)29-18-14-25-15-21-33-39-27(17-20-32(29)38(25)39)24-37-40(33)41-36(13-8-22-43-41)44(37)28-9-4-3-5-10-28/h3-24H,1-2H3. The molecular weight excluding hydrogens is 532 g/mol. The van der Waals surface area contributed by atoms with E-state index < -0.39 is 0 Å². The third-order valence-electron chi connectivity index (χ3n) is 10.2. The molecule has 0 bridgehead atoms. The molecule has 2 aromatic heterocycles. The molecule has 9 aromatic rings. The van der Waals surface area contributed by atoms with Gasteiger partial charge in [0.05, 0.1) is 16.6 Å². The van der Waals surface area contributed by atoms with Gasteiger partial charge in [-0.1, -0.05) is 105 Å². The van der Waals surface area contributed by atoms with Crippen LogP contribution in [0.1, 0.15) is 25.0 Å². The van der Waals surface area contributed by atoms with Gasteiger partial charge < -0.3 is 4.57 Å². The van der Waals surface area contributed by atoms with Gasteiger partial charge in [-0.15, -0.1) is 0 Å². The van der Waals surface area contributed by atoms with Gasteiger partial charge in [0.25, 0.3) is 0 Å². The molecule has 0 unspecified atom stereocenters. The molecule has 2 heteroatoms. The molecule has 44 heavy (non-hydrogen) atoms. The molecule has 0 spiro atoms. The maximum atomic E-state index is 4.95. The first-order chi connectivity index (χ1) is 21.6. The van der Waals surface area contributed by atoms with Gasteiger partial charge in [0.2, 0.25) is 0 Å². The molecule has 206 valence electrons. The molecule has 2 heterocycles. The molecular formula is C42H28N2. The summed E-state index contributed by atoms with van der Waals surface area (Å²) in [5, 5.41) is 8.96. The van der Waals surface area contributed by atoms with Gasteiger partial charge in [-0.2, -0.15) is 0 Å². The van der Waals surface area contributed by atoms with E-state index in [2.05, 4.69) is 140 Å². The van der Waals surface area contributed by atoms with Crippen molar-refractivity contribution in [2.24, 2.45) is 0 Å². The predicted octanol–water partition coefficient (Wildman–Crippen LogP) is 11.0. The SMILES string of the molecule is CC1(C)c2ccccc2-c2ccc(-c3ccc4ccc5c6c(ccc3c46)cc3c5c4ncccc4n3-c3ccccc3)cc21. The van der Waals surface area contributed by atoms with Crippen LogP contribution in [0, 0.1) is 0 Å². The summed E-state index contributed by atoms with van der Waals surface area (Å²) >= 11 is 0. The van der Waals surface area contributed by atoms with Crippen LogP contribution in [0.15, 0.2) is 134 Å². The molecule has 2 nitrogen and oxygen atoms in total. The van der Waals surface area contributed by atoms with Gasteiger partial charge in [0.15, 0.2) is 0 Å². The van der Waals surface area contributed by atoms with Gasteiger partial charge in [0, 0.05) is 22.7 Å². The van der Waals surface area contributed by atoms with E-state index in [0.717, 1.165) is 16.7 Å². The highest BCUT2D eigenvalue weighted by molar-refractivity contribution is 6.33. The molecule has 1 aliphatic rings. The first-order valence-electron chi connectivity index (χ1n) is 15.4. The van der Waals surface area contributed by atoms with Crippen molar-refractivity contribution in [1.29, 1.82) is 0 Å². The van der Waals surface area contributed by atoms with E-state index in [1.54, 1.807) is 0 Å². The van der Waals surface area contributed by atoms with Gasteiger partial charge in [0.1, 0.15) is 0 Å². The van der Waals surface area contributed by atoms with Crippen LogP contribution >= 0.6 is 0 Å². The van der Waals surface area contributed by atoms with Crippen LogP contribution in [0.2, 0.25) is 0 Å². The molecule has 1 aliphatic carbocycles. The van der Waals surface area contributed by atoms with Crippen LogP contribution in [0.3, 0.4) is 0 Å². The highest BCUT2D eigenvalue weighted by Gasteiger charge is 2.35. The Bertz CT molecular complexity index is 2620. The van der Waals surface area contributed by atoms with Gasteiger partial charge >= 0.3 is 0 Å². The molecule has 0 fully saturated rings. The topological polar surface area (TPSA) is 17.8 Å². The first-order valence-corrected chi connectivity index (χ1v) is 15.4. The third kappa shape index (κ3) is 2.97. The van der Waals surface area contributed by atoms with E-state index in [-0.39, 0.29) is 5.41 Å². The van der Waals surface area contributed by atoms with Crippen LogP contribution < -0.4 is 0 Å². The Hall–Kier alpha value is -5.47. The molecule has 0 atom stereocenters. The van der Waals surface area contributed by atoms with Crippen molar-refractivity contribution in [3.8, 4) is 27.9 Å². The maximum absolute atomic E-state index is 4.95. The number of nitrogens with zero attached hydrogens (tertiary/aromatic N) is 2. The Morgan fingerprint density at radius 1 is 0.523 bits per heavy atom. The van der Waals surface area contributed by atoms with E-state index in [1.165, 1.54) is 76.6 Å². The van der Waals surface area contributed by atoms with Crippen molar-refractivity contribution in [3.05, 3.63) is 145 Å². The van der Waals surface area contributed by atoms with Crippen LogP contribution in [0.25, 0.3) is 82.2 Å². The second-order valence-corrected chi connectivity index (χ2v) is 12.8. The van der Waals surface area contributed by atoms with Crippen LogP contribution in [0.4, 0.5) is 0 Å². The van der Waals surface area contributed by atoms with Gasteiger partial charge in [-0.05, 0) is 102 Å². The highest BCUT2D eigenvalue weighted by atomic mass is 15.0. The lowest BCUT2D eigenvalue weighted by Gasteiger charge is -2.22. The van der Waals surface area contributed by atoms with Crippen LogP contribution in [-0.2, 0) is 5.41 Å². The summed E-state index contributed by atoms with van der Waals surface area (Å²) in [6.45, 7) is 4.72. The van der Waals surface area contributed by atoms with Crippen molar-refractivity contribution < 1.29 is 0 Å². The lowest BCUT2D eigenvalue weighted by molar-refractivity contribution is 0.660. The summed E-state index contributed by atoms with van der Waals surface area (Å²) in [6.07, 6.45) is 1.92. The Kier molecular flexibility index (Phi) is 4.55. The molecule has 0 radical (unpaired) electrons. The summed E-state index contributed by atoms with van der Waals surface area (Å²) in [5.74, 6) is 0. The first kappa shape index (κ1) is 24.0. The van der Waals surface area contributed by atoms with E-state index in [4.69, 9.17) is 4.98 Å². The number of rotatable bonds is 2. The van der Waals surface area contributed by atoms with Crippen molar-refractivity contribution in [2.45, 2.75) is 19.3 Å². The number of pyridine rings is 1. The Morgan fingerprint density at radius 2 is 1.25 bits per heavy atom. The lowest BCUT2D eigenvalue weighted by atomic mass is 9.81. The molecule has 0 saturated carbocycles. The number of fused-ring (bicyclic) bond motifs is 7. The summed E-state index contributed by atoms with van der Waals surface area (Å²) in [6, 6.07) is 47.1. The average molecular weight is 561 g/mol. The van der Waals surface area contributed by atoms with Crippen LogP contribution in [0.5, 0.6) is 0 Å². The fraction of sp³-hybridized carbons (Fsp3) is 0.0714. The van der Waals surface area contributed by atoms with Crippen LogP contribution in [-0.4, -0.2) is 9.55 Å². The number of benzene rings is 7. The summed E-state index contributed by atoms with van der Waals surface area (Å²) in [5.41, 5.74) is 12.6. The zero-order chi connectivity index (χ0) is 29.2. The molecule has 0 N–H and O–H groups in total. The monoisotopic (exact) mass is 560 g/mol. The summed E-state index contributed by atoms with van der Waals surface area (Å²) in [4.78, 5) is 4.95. The van der Waals surface area contributed by atoms with E-state index in [1.807, 2.05) is 12.3 Å². The number of para-hydroxylation sites is 1. The normalized spacial score (nSPS) is 13.9.